The summed E-state index contributed by atoms with van der Waals surface area (Å²) in [5.41, 5.74) is 1.25. The molecule has 0 saturated carbocycles. The van der Waals surface area contributed by atoms with Crippen LogP contribution in [0, 0.1) is 0 Å². The van der Waals surface area contributed by atoms with E-state index < -0.39 is 64.1 Å². The Kier molecular flexibility index (Phi) is 8.65. The molecule has 10 nitrogen and oxygen atoms in total. The monoisotopic (exact) mass is 652 g/mol. The number of anilines is 2. The van der Waals surface area contributed by atoms with Crippen molar-refractivity contribution in [2.45, 2.75) is 103 Å². The van der Waals surface area contributed by atoms with Crippen molar-refractivity contribution in [1.29, 1.82) is 0 Å². The minimum atomic E-state index is -1.97. The first-order valence-electron chi connectivity index (χ1n) is 14.2. The second-order valence-corrected chi connectivity index (χ2v) is 35.9. The molecule has 0 spiro atoms. The minimum Gasteiger partial charge on any atom is -0.408 e. The number of imidazole rings is 1. The molecule has 4 atom stereocenters. The molecule has 41 heavy (non-hydrogen) atoms. The van der Waals surface area contributed by atoms with Gasteiger partial charge in [-0.05, 0) is 11.4 Å². The van der Waals surface area contributed by atoms with Crippen LogP contribution in [-0.4, -0.2) is 92.7 Å². The van der Waals surface area contributed by atoms with Gasteiger partial charge in [-0.3, -0.25) is 4.57 Å². The van der Waals surface area contributed by atoms with Gasteiger partial charge in [0.05, 0.1) is 11.5 Å². The van der Waals surface area contributed by atoms with Crippen LogP contribution in [-0.2, 0) is 4.74 Å². The zero-order chi connectivity index (χ0) is 30.9. The number of hydrogen-bond acceptors (Lipinski definition) is 10. The first-order valence-corrected chi connectivity index (χ1v) is 28.9. The van der Waals surface area contributed by atoms with Crippen LogP contribution in [0.5, 0.6) is 0 Å². The Bertz CT molecular complexity index is 1350. The highest BCUT2D eigenvalue weighted by Crippen LogP contribution is 2.42. The van der Waals surface area contributed by atoms with Gasteiger partial charge in [-0.25, -0.2) is 4.98 Å². The summed E-state index contributed by atoms with van der Waals surface area (Å²) in [5.74, 6) is 2.14. The van der Waals surface area contributed by atoms with E-state index in [0.717, 1.165) is 10.7 Å². The lowest BCUT2D eigenvalue weighted by Crippen LogP contribution is -2.61. The van der Waals surface area contributed by atoms with E-state index in [4.69, 9.17) is 19.7 Å². The van der Waals surface area contributed by atoms with E-state index in [0.29, 0.717) is 22.9 Å². The number of aliphatic hydroxyl groups is 3. The second-order valence-electron chi connectivity index (χ2n) is 14.9. The molecule has 1 aliphatic rings. The molecule has 0 bridgehead atoms. The standard InChI is InChI=1S/C26H48N6O4SSi4/c1-38(2,3)31(39(4,5)6)24-19-23(28-26(29-24)32(40(7,8)9)41(10,11)12)30(22(27-19)18-14-13-15-37-18)25-21(35)20(34)17(16-33)36-25/h13-15,17,20-21,25,33-35H,16H2,1-12H3/t17-,20-,21-,25-/m1/s1. The highest BCUT2D eigenvalue weighted by molar-refractivity contribution is 7.13. The van der Waals surface area contributed by atoms with E-state index in [1.54, 1.807) is 11.3 Å². The Morgan fingerprint density at radius 3 is 1.83 bits per heavy atom. The van der Waals surface area contributed by atoms with Crippen LogP contribution < -0.4 is 8.46 Å². The van der Waals surface area contributed by atoms with Gasteiger partial charge in [0.25, 0.3) is 0 Å². The van der Waals surface area contributed by atoms with Crippen molar-refractivity contribution in [3.8, 4) is 10.7 Å². The average molecular weight is 653 g/mol. The molecular formula is C26H48N6O4SSi4. The average Bonchev–Trinajstić information content (AvgIpc) is 3.49. The maximum absolute atomic E-state index is 11.2. The molecule has 0 aliphatic carbocycles. The number of nitrogens with zero attached hydrogens (tertiary/aromatic N) is 6. The smallest absolute Gasteiger partial charge is 0.212 e. The van der Waals surface area contributed by atoms with E-state index in [2.05, 4.69) is 87.0 Å². The molecule has 0 amide bonds. The number of fused-ring (bicyclic) bond motifs is 1. The molecule has 15 heteroatoms. The normalized spacial score (nSPS) is 22.5. The van der Waals surface area contributed by atoms with Gasteiger partial charge in [-0.15, -0.1) is 11.3 Å². The molecule has 0 radical (unpaired) electrons. The fourth-order valence-electron chi connectivity index (χ4n) is 6.37. The molecule has 228 valence electrons. The lowest BCUT2D eigenvalue weighted by molar-refractivity contribution is -0.0502. The quantitative estimate of drug-likeness (QED) is 0.271. The molecule has 1 saturated heterocycles. The molecule has 3 aromatic rings. The summed E-state index contributed by atoms with van der Waals surface area (Å²) in [4.78, 5) is 16.8. The molecular weight excluding hydrogens is 605 g/mol. The molecule has 0 aromatic carbocycles. The number of aliphatic hydroxyl groups excluding tert-OH is 3. The summed E-state index contributed by atoms with van der Waals surface area (Å²) in [6.07, 6.45) is -4.38. The van der Waals surface area contributed by atoms with Gasteiger partial charge < -0.3 is 28.5 Å². The predicted octanol–water partition coefficient (Wildman–Crippen LogP) is 5.12. The van der Waals surface area contributed by atoms with Gasteiger partial charge in [-0.2, -0.15) is 9.97 Å². The number of aromatic nitrogens is 4. The van der Waals surface area contributed by atoms with Crippen LogP contribution in [0.1, 0.15) is 6.23 Å². The lowest BCUT2D eigenvalue weighted by atomic mass is 10.1. The molecule has 4 rings (SSSR count). The van der Waals surface area contributed by atoms with E-state index in [1.165, 1.54) is 0 Å². The maximum Gasteiger partial charge on any atom is 0.212 e. The first kappa shape index (κ1) is 32.5. The topological polar surface area (TPSA) is 120 Å². The Labute approximate surface area is 252 Å². The molecule has 3 aromatic heterocycles. The number of thiophene rings is 1. The van der Waals surface area contributed by atoms with Gasteiger partial charge in [0, 0.05) is 0 Å². The molecule has 0 unspecified atom stereocenters. The predicted molar refractivity (Wildman–Crippen MR) is 180 cm³/mol. The van der Waals surface area contributed by atoms with E-state index in [-0.39, 0.29) is 0 Å². The van der Waals surface area contributed by atoms with E-state index in [9.17, 15) is 15.3 Å². The molecule has 1 aliphatic heterocycles. The summed E-state index contributed by atoms with van der Waals surface area (Å²) in [7, 11) is -7.82. The minimum absolute atomic E-state index is 0.404. The first-order chi connectivity index (χ1) is 18.7. The van der Waals surface area contributed by atoms with E-state index in [1.807, 2.05) is 22.1 Å². The number of rotatable bonds is 9. The Hall–Kier alpha value is -1.44. The zero-order valence-corrected chi connectivity index (χ0v) is 31.4. The summed E-state index contributed by atoms with van der Waals surface area (Å²) >= 11 is 1.54. The number of hydrogen-bond donors (Lipinski definition) is 3. The maximum atomic E-state index is 11.2. The highest BCUT2D eigenvalue weighted by Gasteiger charge is 2.47. The fourth-order valence-corrected chi connectivity index (χ4v) is 26.2. The van der Waals surface area contributed by atoms with Crippen molar-refractivity contribution in [2.24, 2.45) is 0 Å². The Morgan fingerprint density at radius 1 is 0.829 bits per heavy atom. The third-order valence-corrected chi connectivity index (χ3v) is 22.2. The van der Waals surface area contributed by atoms with Gasteiger partial charge in [-0.1, -0.05) is 84.6 Å². The Balaban J connectivity index is 2.18. The SMILES string of the molecule is C[Si](C)(C)N(c1nc(N([Si](C)(C)C)[Si](C)(C)C)c2nc(-c3cccs3)n([C@@H]3O[C@H](CO)[C@@H](O)[C@H]3O)c2n1)[Si](C)(C)C. The summed E-state index contributed by atoms with van der Waals surface area (Å²) in [6, 6.07) is 3.95. The number of ether oxygens (including phenoxy) is 1. The van der Waals surface area contributed by atoms with Crippen molar-refractivity contribution in [3.63, 3.8) is 0 Å². The third-order valence-electron chi connectivity index (χ3n) is 7.12. The summed E-state index contributed by atoms with van der Waals surface area (Å²) in [5, 5.41) is 33.8. The van der Waals surface area contributed by atoms with Crippen LogP contribution in [0.3, 0.4) is 0 Å². The van der Waals surface area contributed by atoms with Gasteiger partial charge in [0.2, 0.25) is 5.95 Å². The van der Waals surface area contributed by atoms with Crippen LogP contribution in [0.15, 0.2) is 17.5 Å². The van der Waals surface area contributed by atoms with Gasteiger partial charge >= 0.3 is 0 Å². The van der Waals surface area contributed by atoms with Crippen LogP contribution in [0.4, 0.5) is 11.8 Å². The largest absolute Gasteiger partial charge is 0.408 e. The van der Waals surface area contributed by atoms with Crippen molar-refractivity contribution in [3.05, 3.63) is 17.5 Å². The van der Waals surface area contributed by atoms with Crippen molar-refractivity contribution in [2.75, 3.05) is 15.1 Å². The summed E-state index contributed by atoms with van der Waals surface area (Å²) in [6.45, 7) is 27.6. The molecule has 1 fully saturated rings. The van der Waals surface area contributed by atoms with Crippen molar-refractivity contribution < 1.29 is 20.1 Å². The third kappa shape index (κ3) is 6.15. The van der Waals surface area contributed by atoms with Crippen molar-refractivity contribution in [1.82, 2.24) is 19.5 Å². The zero-order valence-electron chi connectivity index (χ0n) is 26.6. The fraction of sp³-hybridized carbons (Fsp3) is 0.654. The van der Waals surface area contributed by atoms with Gasteiger partial charge in [0.1, 0.15) is 62.6 Å². The second kappa shape index (κ2) is 10.9. The molecule has 3 N–H and O–H groups in total. The highest BCUT2D eigenvalue weighted by atomic mass is 32.1. The summed E-state index contributed by atoms with van der Waals surface area (Å²) < 4.78 is 13.0. The van der Waals surface area contributed by atoms with Crippen LogP contribution in [0.25, 0.3) is 21.9 Å². The van der Waals surface area contributed by atoms with Crippen LogP contribution >= 0.6 is 11.3 Å². The van der Waals surface area contributed by atoms with Crippen molar-refractivity contribution >= 4 is 67.2 Å². The lowest BCUT2D eigenvalue weighted by Gasteiger charge is -2.47. The van der Waals surface area contributed by atoms with E-state index >= 15 is 0 Å². The van der Waals surface area contributed by atoms with Crippen LogP contribution in [0.2, 0.25) is 78.6 Å². The molecule has 4 heterocycles. The Morgan fingerprint density at radius 2 is 1.39 bits per heavy atom. The van der Waals surface area contributed by atoms with Gasteiger partial charge in [0.15, 0.2) is 17.7 Å².